The van der Waals surface area contributed by atoms with E-state index in [0.717, 1.165) is 31.8 Å². The van der Waals surface area contributed by atoms with Crippen molar-refractivity contribution in [1.29, 1.82) is 0 Å². The second-order valence-corrected chi connectivity index (χ2v) is 5.99. The second kappa shape index (κ2) is 8.67. The van der Waals surface area contributed by atoms with E-state index in [-0.39, 0.29) is 24.5 Å². The molecule has 5 nitrogen and oxygen atoms in total. The van der Waals surface area contributed by atoms with Gasteiger partial charge in [-0.1, -0.05) is 6.92 Å². The van der Waals surface area contributed by atoms with E-state index in [1.54, 1.807) is 12.1 Å². The average molecular weight is 318 g/mol. The molecule has 5 heteroatoms. The van der Waals surface area contributed by atoms with Gasteiger partial charge < -0.3 is 15.0 Å². The first-order chi connectivity index (χ1) is 11.1. The van der Waals surface area contributed by atoms with E-state index in [2.05, 4.69) is 12.2 Å². The zero-order chi connectivity index (χ0) is 16.7. The molecule has 2 rings (SSSR count). The van der Waals surface area contributed by atoms with Crippen LogP contribution >= 0.6 is 0 Å². The molecule has 1 amide bonds. The maximum absolute atomic E-state index is 12.2. The van der Waals surface area contributed by atoms with Crippen LogP contribution in [0.15, 0.2) is 24.3 Å². The Morgan fingerprint density at radius 3 is 2.65 bits per heavy atom. The number of benzene rings is 1. The van der Waals surface area contributed by atoms with Crippen LogP contribution in [-0.2, 0) is 4.79 Å². The standard InChI is InChI=1S/C18H26N2O3/c1-3-12-23-16-6-4-15(5-7-16)17(21)8-9-18(22)20-11-10-19-14(2)13-20/h4-7,14,19H,3,8-13H2,1-2H3. The van der Waals surface area contributed by atoms with Gasteiger partial charge in [0.2, 0.25) is 5.91 Å². The highest BCUT2D eigenvalue weighted by atomic mass is 16.5. The molecule has 1 saturated heterocycles. The van der Waals surface area contributed by atoms with Crippen LogP contribution in [0.25, 0.3) is 0 Å². The van der Waals surface area contributed by atoms with Crippen LogP contribution < -0.4 is 10.1 Å². The number of hydrogen-bond donors (Lipinski definition) is 1. The molecule has 0 aromatic heterocycles. The van der Waals surface area contributed by atoms with Gasteiger partial charge in [0.15, 0.2) is 5.78 Å². The summed E-state index contributed by atoms with van der Waals surface area (Å²) in [6.07, 6.45) is 1.49. The molecule has 0 spiro atoms. The van der Waals surface area contributed by atoms with Gasteiger partial charge in [-0.2, -0.15) is 0 Å². The highest BCUT2D eigenvalue weighted by Crippen LogP contribution is 2.15. The van der Waals surface area contributed by atoms with Crippen molar-refractivity contribution < 1.29 is 14.3 Å². The van der Waals surface area contributed by atoms with Gasteiger partial charge >= 0.3 is 0 Å². The molecule has 1 fully saturated rings. The summed E-state index contributed by atoms with van der Waals surface area (Å²) in [6, 6.07) is 7.47. The van der Waals surface area contributed by atoms with Gasteiger partial charge in [-0.25, -0.2) is 0 Å². The van der Waals surface area contributed by atoms with E-state index in [9.17, 15) is 9.59 Å². The minimum absolute atomic E-state index is 0.00331. The second-order valence-electron chi connectivity index (χ2n) is 5.99. The molecule has 23 heavy (non-hydrogen) atoms. The third kappa shape index (κ3) is 5.36. The Kier molecular flexibility index (Phi) is 6.59. The third-order valence-electron chi connectivity index (χ3n) is 3.94. The smallest absolute Gasteiger partial charge is 0.223 e. The lowest BCUT2D eigenvalue weighted by Gasteiger charge is -2.31. The molecule has 126 valence electrons. The SMILES string of the molecule is CCCOc1ccc(C(=O)CCC(=O)N2CCNC(C)C2)cc1. The number of rotatable bonds is 7. The molecule has 1 N–H and O–H groups in total. The first-order valence-corrected chi connectivity index (χ1v) is 8.37. The average Bonchev–Trinajstić information content (AvgIpc) is 2.58. The molecule has 1 atom stereocenters. The van der Waals surface area contributed by atoms with Gasteiger partial charge in [-0.05, 0) is 37.6 Å². The van der Waals surface area contributed by atoms with Crippen molar-refractivity contribution in [2.75, 3.05) is 26.2 Å². The number of ketones is 1. The van der Waals surface area contributed by atoms with Crippen LogP contribution in [0.3, 0.4) is 0 Å². The van der Waals surface area contributed by atoms with Gasteiger partial charge in [0.25, 0.3) is 0 Å². The van der Waals surface area contributed by atoms with Crippen LogP contribution in [-0.4, -0.2) is 48.9 Å². The highest BCUT2D eigenvalue weighted by Gasteiger charge is 2.21. The first-order valence-electron chi connectivity index (χ1n) is 8.37. The van der Waals surface area contributed by atoms with E-state index in [0.29, 0.717) is 18.2 Å². The van der Waals surface area contributed by atoms with Gasteiger partial charge in [0.05, 0.1) is 6.61 Å². The van der Waals surface area contributed by atoms with E-state index in [1.807, 2.05) is 24.0 Å². The zero-order valence-electron chi connectivity index (χ0n) is 14.0. The van der Waals surface area contributed by atoms with Crippen LogP contribution in [0.1, 0.15) is 43.5 Å². The first kappa shape index (κ1) is 17.5. The molecule has 0 bridgehead atoms. The summed E-state index contributed by atoms with van der Waals surface area (Å²) in [5, 5.41) is 3.30. The van der Waals surface area contributed by atoms with Crippen LogP contribution in [0.2, 0.25) is 0 Å². The summed E-state index contributed by atoms with van der Waals surface area (Å²) < 4.78 is 5.50. The van der Waals surface area contributed by atoms with Crippen molar-refractivity contribution in [3.05, 3.63) is 29.8 Å². The fraction of sp³-hybridized carbons (Fsp3) is 0.556. The molecule has 1 aromatic carbocycles. The molecule has 1 heterocycles. The lowest BCUT2D eigenvalue weighted by molar-refractivity contribution is -0.132. The number of nitrogens with one attached hydrogen (secondary N) is 1. The summed E-state index contributed by atoms with van der Waals surface area (Å²) in [7, 11) is 0. The Morgan fingerprint density at radius 1 is 1.26 bits per heavy atom. The monoisotopic (exact) mass is 318 g/mol. The molecule has 1 aliphatic rings. The molecule has 0 aliphatic carbocycles. The molecule has 0 radical (unpaired) electrons. The molecule has 0 saturated carbocycles. The molecule has 1 aliphatic heterocycles. The Morgan fingerprint density at radius 2 is 2.00 bits per heavy atom. The summed E-state index contributed by atoms with van der Waals surface area (Å²) >= 11 is 0. The number of amides is 1. The van der Waals surface area contributed by atoms with Crippen molar-refractivity contribution in [3.8, 4) is 5.75 Å². The third-order valence-corrected chi connectivity index (χ3v) is 3.94. The van der Waals surface area contributed by atoms with E-state index in [1.165, 1.54) is 0 Å². The maximum Gasteiger partial charge on any atom is 0.223 e. The Labute approximate surface area is 138 Å². The molecule has 1 aromatic rings. The number of carbonyl (C=O) groups is 2. The molecular weight excluding hydrogens is 292 g/mol. The lowest BCUT2D eigenvalue weighted by Crippen LogP contribution is -2.51. The van der Waals surface area contributed by atoms with Crippen molar-refractivity contribution in [1.82, 2.24) is 10.2 Å². The van der Waals surface area contributed by atoms with Crippen molar-refractivity contribution in [3.63, 3.8) is 0 Å². The number of carbonyl (C=O) groups excluding carboxylic acids is 2. The minimum Gasteiger partial charge on any atom is -0.494 e. The summed E-state index contributed by atoms with van der Waals surface area (Å²) in [4.78, 5) is 26.2. The van der Waals surface area contributed by atoms with Gasteiger partial charge in [-0.3, -0.25) is 9.59 Å². The maximum atomic E-state index is 12.2. The summed E-state index contributed by atoms with van der Waals surface area (Å²) in [5.74, 6) is 0.840. The van der Waals surface area contributed by atoms with E-state index in [4.69, 9.17) is 4.74 Å². The fourth-order valence-electron chi connectivity index (χ4n) is 2.64. The fourth-order valence-corrected chi connectivity index (χ4v) is 2.64. The normalized spacial score (nSPS) is 17.8. The summed E-state index contributed by atoms with van der Waals surface area (Å²) in [6.45, 7) is 7.04. The quantitative estimate of drug-likeness (QED) is 0.784. The topological polar surface area (TPSA) is 58.6 Å². The zero-order valence-corrected chi connectivity index (χ0v) is 14.0. The van der Waals surface area contributed by atoms with E-state index >= 15 is 0 Å². The summed E-state index contributed by atoms with van der Waals surface area (Å²) in [5.41, 5.74) is 0.635. The Hall–Kier alpha value is -1.88. The van der Waals surface area contributed by atoms with Crippen molar-refractivity contribution >= 4 is 11.7 Å². The van der Waals surface area contributed by atoms with Crippen molar-refractivity contribution in [2.24, 2.45) is 0 Å². The van der Waals surface area contributed by atoms with E-state index < -0.39 is 0 Å². The number of nitrogens with zero attached hydrogens (tertiary/aromatic N) is 1. The van der Waals surface area contributed by atoms with Crippen LogP contribution in [0.5, 0.6) is 5.75 Å². The Balaban J connectivity index is 1.80. The van der Waals surface area contributed by atoms with Gasteiger partial charge in [-0.15, -0.1) is 0 Å². The van der Waals surface area contributed by atoms with Gasteiger partial charge in [0, 0.05) is 44.1 Å². The lowest BCUT2D eigenvalue weighted by atomic mass is 10.1. The number of ether oxygens (including phenoxy) is 1. The van der Waals surface area contributed by atoms with Crippen molar-refractivity contribution in [2.45, 2.75) is 39.2 Å². The predicted molar refractivity (Wildman–Crippen MR) is 89.8 cm³/mol. The van der Waals surface area contributed by atoms with Gasteiger partial charge in [0.1, 0.15) is 5.75 Å². The molecular formula is C18H26N2O3. The van der Waals surface area contributed by atoms with Crippen LogP contribution in [0.4, 0.5) is 0 Å². The number of piperazine rings is 1. The number of Topliss-reactive ketones (excluding diaryl/α,β-unsaturated/α-hetero) is 1. The molecule has 1 unspecified atom stereocenters. The largest absolute Gasteiger partial charge is 0.494 e. The minimum atomic E-state index is 0.00331. The highest BCUT2D eigenvalue weighted by molar-refractivity contribution is 5.98. The Bertz CT molecular complexity index is 528. The van der Waals surface area contributed by atoms with Crippen LogP contribution in [0, 0.1) is 0 Å². The predicted octanol–water partition coefficient (Wildman–Crippen LogP) is 2.26. The number of hydrogen-bond acceptors (Lipinski definition) is 4.